The van der Waals surface area contributed by atoms with E-state index < -0.39 is 11.5 Å². The monoisotopic (exact) mass is 470 g/mol. The maximum absolute atomic E-state index is 13.8. The minimum Gasteiger partial charge on any atom is -0.459 e. The molecule has 0 radical (unpaired) electrons. The van der Waals surface area contributed by atoms with Crippen molar-refractivity contribution < 1.29 is 28.5 Å². The first-order valence-corrected chi connectivity index (χ1v) is 11.0. The Morgan fingerprint density at radius 2 is 1.77 bits per heavy atom. The summed E-state index contributed by atoms with van der Waals surface area (Å²) in [6, 6.07) is 11.4. The van der Waals surface area contributed by atoms with Crippen LogP contribution in [-0.2, 0) is 28.2 Å². The Kier molecular flexibility index (Phi) is 3.87. The number of rotatable bonds is 1. The van der Waals surface area contributed by atoms with Gasteiger partial charge in [0.25, 0.3) is 5.56 Å². The van der Waals surface area contributed by atoms with Gasteiger partial charge in [0.15, 0.2) is 19.3 Å². The van der Waals surface area contributed by atoms with Crippen molar-refractivity contribution in [1.82, 2.24) is 9.55 Å². The Morgan fingerprint density at radius 1 is 1.03 bits per heavy atom. The van der Waals surface area contributed by atoms with Crippen LogP contribution >= 0.6 is 0 Å². The third-order valence-corrected chi connectivity index (χ3v) is 6.94. The summed E-state index contributed by atoms with van der Waals surface area (Å²) in [5.41, 5.74) is 2.11. The van der Waals surface area contributed by atoms with Gasteiger partial charge in [-0.15, -0.1) is 0 Å². The molecule has 3 aliphatic rings. The Morgan fingerprint density at radius 3 is 2.54 bits per heavy atom. The predicted molar refractivity (Wildman–Crippen MR) is 124 cm³/mol. The summed E-state index contributed by atoms with van der Waals surface area (Å²) in [5, 5.41) is 11.6. The molecule has 5 heterocycles. The van der Waals surface area contributed by atoms with Gasteiger partial charge in [-0.1, -0.05) is 12.1 Å². The molecule has 0 aliphatic carbocycles. The van der Waals surface area contributed by atoms with Crippen LogP contribution in [0.1, 0.15) is 16.7 Å². The summed E-state index contributed by atoms with van der Waals surface area (Å²) in [4.78, 5) is 30.6. The third kappa shape index (κ3) is 2.68. The third-order valence-electron chi connectivity index (χ3n) is 6.94. The number of ether oxygens (including phenoxy) is 3. The molecular formula is C25H16BFN2O6. The fraction of sp³-hybridized carbons (Fsp3) is 0.160. The van der Waals surface area contributed by atoms with Crippen molar-refractivity contribution in [1.29, 1.82) is 0 Å². The highest BCUT2D eigenvalue weighted by Crippen LogP contribution is 2.45. The molecule has 2 aromatic carbocycles. The van der Waals surface area contributed by atoms with Gasteiger partial charge in [-0.05, 0) is 41.0 Å². The maximum atomic E-state index is 13.8. The summed E-state index contributed by atoms with van der Waals surface area (Å²) < 4.78 is 31.5. The van der Waals surface area contributed by atoms with Gasteiger partial charge in [0.1, 0.15) is 17.9 Å². The van der Waals surface area contributed by atoms with E-state index in [0.29, 0.717) is 28.4 Å². The number of aromatic nitrogens is 2. The molecule has 3 aliphatic heterocycles. The van der Waals surface area contributed by atoms with Crippen molar-refractivity contribution in [3.8, 4) is 34.0 Å². The number of nitrogens with zero attached hydrogens (tertiary/aromatic N) is 2. The average molecular weight is 470 g/mol. The van der Waals surface area contributed by atoms with Crippen LogP contribution < -0.4 is 15.0 Å². The van der Waals surface area contributed by atoms with Gasteiger partial charge in [-0.3, -0.25) is 4.79 Å². The van der Waals surface area contributed by atoms with Crippen LogP contribution in [0, 0.1) is 5.82 Å². The summed E-state index contributed by atoms with van der Waals surface area (Å²) >= 11 is 0. The van der Waals surface area contributed by atoms with Crippen molar-refractivity contribution in [2.75, 3.05) is 6.79 Å². The molecule has 2 aromatic heterocycles. The van der Waals surface area contributed by atoms with Crippen molar-refractivity contribution in [2.24, 2.45) is 0 Å². The fourth-order valence-corrected chi connectivity index (χ4v) is 5.17. The normalized spacial score (nSPS) is 19.3. The molecule has 0 amide bonds. The van der Waals surface area contributed by atoms with Gasteiger partial charge >= 0.3 is 5.97 Å². The minimum atomic E-state index is -1.95. The first-order valence-electron chi connectivity index (χ1n) is 11.0. The number of aliphatic hydroxyl groups is 1. The van der Waals surface area contributed by atoms with Gasteiger partial charge in [0.2, 0.25) is 6.79 Å². The van der Waals surface area contributed by atoms with Crippen LogP contribution in [0.25, 0.3) is 33.4 Å². The Hall–Kier alpha value is -4.18. The number of hydrogen-bond donors (Lipinski definition) is 1. The van der Waals surface area contributed by atoms with Gasteiger partial charge in [0, 0.05) is 17.0 Å². The molecule has 1 atom stereocenters. The number of fused-ring (bicyclic) bond motifs is 6. The predicted octanol–water partition coefficient (Wildman–Crippen LogP) is 1.79. The van der Waals surface area contributed by atoms with Crippen LogP contribution in [0.5, 0.6) is 11.5 Å². The molecule has 0 unspecified atom stereocenters. The maximum Gasteiger partial charge on any atom is 0.333 e. The van der Waals surface area contributed by atoms with Crippen LogP contribution in [0.3, 0.4) is 0 Å². The topological polar surface area (TPSA) is 99.9 Å². The Labute approximate surface area is 197 Å². The Balaban J connectivity index is 1.56. The van der Waals surface area contributed by atoms with E-state index in [1.165, 1.54) is 20.0 Å². The van der Waals surface area contributed by atoms with Crippen molar-refractivity contribution >= 4 is 24.7 Å². The lowest BCUT2D eigenvalue weighted by Gasteiger charge is -2.29. The van der Waals surface area contributed by atoms with E-state index in [1.54, 1.807) is 28.8 Å². The lowest BCUT2D eigenvalue weighted by Crippen LogP contribution is -2.45. The van der Waals surface area contributed by atoms with E-state index in [2.05, 4.69) is 0 Å². The highest BCUT2D eigenvalue weighted by atomic mass is 19.1. The smallest absolute Gasteiger partial charge is 0.333 e. The lowest BCUT2D eigenvalue weighted by atomic mass is 9.73. The number of carbonyl (C=O) groups excluding carboxylic acids is 1. The van der Waals surface area contributed by atoms with E-state index in [9.17, 15) is 19.1 Å². The molecule has 0 saturated heterocycles. The highest BCUT2D eigenvalue weighted by molar-refractivity contribution is 6.26. The van der Waals surface area contributed by atoms with E-state index in [-0.39, 0.29) is 42.4 Å². The standard InChI is InChI=1S/C25H16BFN2O6/c26-25(32)16-6-18-22-14(8-29(18)23(30)15(16)9-33-24(25)31)21(11-1-3-12(27)4-2-11)13-5-19-20(35-10-34-19)7-17(13)28-22/h1-7,32H,8-10,26H2/t25-/m0/s1. The van der Waals surface area contributed by atoms with Crippen molar-refractivity contribution in [3.63, 3.8) is 0 Å². The molecule has 1 N–H and O–H groups in total. The molecule has 7 rings (SSSR count). The largest absolute Gasteiger partial charge is 0.459 e. The first-order chi connectivity index (χ1) is 16.8. The van der Waals surface area contributed by atoms with Gasteiger partial charge < -0.3 is 23.9 Å². The SMILES string of the molecule is B[C@@]1(O)C(=O)OCc2c1cc1n(c2=O)Cc2c-1nc1cc3c(cc1c2-c1ccc(F)cc1)OCO3. The molecule has 4 aromatic rings. The number of carbonyl (C=O) groups is 1. The summed E-state index contributed by atoms with van der Waals surface area (Å²) in [5.74, 6) is -0.0295. The highest BCUT2D eigenvalue weighted by Gasteiger charge is 2.43. The quantitative estimate of drug-likeness (QED) is 0.295. The Bertz CT molecular complexity index is 1680. The molecule has 8 nitrogen and oxygen atoms in total. The first kappa shape index (κ1) is 20.2. The number of pyridine rings is 2. The number of benzene rings is 2. The van der Waals surface area contributed by atoms with E-state index in [1.807, 2.05) is 6.07 Å². The number of hydrogen-bond acceptors (Lipinski definition) is 7. The van der Waals surface area contributed by atoms with E-state index in [0.717, 1.165) is 22.1 Å². The van der Waals surface area contributed by atoms with Gasteiger partial charge in [-0.25, -0.2) is 14.2 Å². The van der Waals surface area contributed by atoms with Crippen molar-refractivity contribution in [3.05, 3.63) is 75.3 Å². The molecule has 0 spiro atoms. The molecule has 10 heteroatoms. The molecule has 35 heavy (non-hydrogen) atoms. The molecule has 0 bridgehead atoms. The summed E-state index contributed by atoms with van der Waals surface area (Å²) in [7, 11) is 1.32. The van der Waals surface area contributed by atoms with E-state index in [4.69, 9.17) is 19.2 Å². The summed E-state index contributed by atoms with van der Waals surface area (Å²) in [6.45, 7) is 0.116. The van der Waals surface area contributed by atoms with Gasteiger partial charge in [0.05, 0.1) is 29.0 Å². The molecule has 0 saturated carbocycles. The average Bonchev–Trinajstić information content (AvgIpc) is 3.44. The molecular weight excluding hydrogens is 454 g/mol. The van der Waals surface area contributed by atoms with Gasteiger partial charge in [-0.2, -0.15) is 0 Å². The lowest BCUT2D eigenvalue weighted by molar-refractivity contribution is -0.162. The molecule has 172 valence electrons. The van der Waals surface area contributed by atoms with Crippen LogP contribution in [0.4, 0.5) is 4.39 Å². The van der Waals surface area contributed by atoms with Crippen molar-refractivity contribution in [2.45, 2.75) is 18.7 Å². The van der Waals surface area contributed by atoms with E-state index >= 15 is 0 Å². The van der Waals surface area contributed by atoms with Crippen LogP contribution in [-0.4, -0.2) is 35.3 Å². The second kappa shape index (κ2) is 6.70. The number of halogens is 1. The second-order valence-electron chi connectivity index (χ2n) is 9.00. The summed E-state index contributed by atoms with van der Waals surface area (Å²) in [6.07, 6.45) is 0. The fourth-order valence-electron chi connectivity index (χ4n) is 5.17. The number of esters is 1. The second-order valence-corrected chi connectivity index (χ2v) is 9.00. The van der Waals surface area contributed by atoms with Crippen LogP contribution in [0.2, 0.25) is 0 Å². The number of cyclic esters (lactones) is 1. The zero-order chi connectivity index (χ0) is 24.1. The zero-order valence-corrected chi connectivity index (χ0v) is 18.4. The zero-order valence-electron chi connectivity index (χ0n) is 18.4. The molecule has 0 fully saturated rings. The minimum absolute atomic E-state index is 0.104. The van der Waals surface area contributed by atoms with Crippen LogP contribution in [0.15, 0.2) is 47.3 Å².